The number of phenols is 1. The van der Waals surface area contributed by atoms with Gasteiger partial charge in [0.05, 0.1) is 22.1 Å². The minimum Gasteiger partial charge on any atom is -0.508 e. The van der Waals surface area contributed by atoms with E-state index < -0.39 is 10.9 Å². The summed E-state index contributed by atoms with van der Waals surface area (Å²) in [5.74, 6) is -0.996. The predicted molar refractivity (Wildman–Crippen MR) is 110 cm³/mol. The van der Waals surface area contributed by atoms with Crippen LogP contribution in [0.25, 0.3) is 6.08 Å². The summed E-state index contributed by atoms with van der Waals surface area (Å²) in [5.41, 5.74) is 0.611. The molecule has 2 aromatic carbocycles. The molecule has 0 radical (unpaired) electrons. The van der Waals surface area contributed by atoms with Crippen molar-refractivity contribution in [3.63, 3.8) is 0 Å². The lowest BCUT2D eigenvalue weighted by atomic mass is 10.1. The Hall–Kier alpha value is -3.59. The average molecular weight is 412 g/mol. The number of thioether (sulfide) groups is 1. The molecule has 0 aliphatic carbocycles. The normalized spacial score (nSPS) is 16.4. The number of aliphatic hydroxyl groups excluding tert-OH is 1. The molecule has 0 saturated carbocycles. The van der Waals surface area contributed by atoms with Gasteiger partial charge in [-0.1, -0.05) is 30.0 Å². The second-order valence-electron chi connectivity index (χ2n) is 5.84. The minimum atomic E-state index is -0.749. The van der Waals surface area contributed by atoms with Gasteiger partial charge in [-0.05, 0) is 36.8 Å². The highest BCUT2D eigenvalue weighted by Gasteiger charge is 2.33. The van der Waals surface area contributed by atoms with Crippen molar-refractivity contribution in [3.05, 3.63) is 80.4 Å². The molecule has 8 nitrogen and oxygen atoms in total. The highest BCUT2D eigenvalue weighted by Crippen LogP contribution is 2.40. The molecule has 1 aliphatic rings. The van der Waals surface area contributed by atoms with Crippen LogP contribution in [0.1, 0.15) is 12.5 Å². The molecule has 2 aromatic rings. The SMILES string of the molecule is CCOC(=O)C1=C(O)/C(=C\c2cccc(O)c2)SC1=Nc1cccc([N+](=O)[O-])c1. The molecule has 0 unspecified atom stereocenters. The number of ether oxygens (including phenoxy) is 1. The van der Waals surface area contributed by atoms with Crippen molar-refractivity contribution in [3.8, 4) is 5.75 Å². The molecule has 0 aromatic heterocycles. The van der Waals surface area contributed by atoms with Crippen LogP contribution in [-0.2, 0) is 9.53 Å². The number of nitro groups is 1. The van der Waals surface area contributed by atoms with Gasteiger partial charge >= 0.3 is 5.97 Å². The quantitative estimate of drug-likeness (QED) is 0.421. The standard InChI is InChI=1S/C20H16N2O6S/c1-2-28-20(25)17-18(24)16(10-12-5-3-8-15(23)9-12)29-19(17)21-13-6-4-7-14(11-13)22(26)27/h3-11,23-24H,2H2,1H3/b16-10+,21-19?. The van der Waals surface area contributed by atoms with Crippen LogP contribution in [-0.4, -0.2) is 32.8 Å². The summed E-state index contributed by atoms with van der Waals surface area (Å²) in [7, 11) is 0. The number of aromatic hydroxyl groups is 1. The minimum absolute atomic E-state index is 0.0573. The topological polar surface area (TPSA) is 122 Å². The zero-order valence-electron chi connectivity index (χ0n) is 15.2. The number of non-ortho nitro benzene ring substituents is 1. The van der Waals surface area contributed by atoms with Crippen molar-refractivity contribution in [2.24, 2.45) is 4.99 Å². The second kappa shape index (κ2) is 8.61. The second-order valence-corrected chi connectivity index (χ2v) is 6.87. The van der Waals surface area contributed by atoms with Crippen LogP contribution < -0.4 is 0 Å². The zero-order chi connectivity index (χ0) is 21.0. The largest absolute Gasteiger partial charge is 0.508 e. The molecule has 0 bridgehead atoms. The van der Waals surface area contributed by atoms with Crippen molar-refractivity contribution < 1.29 is 24.7 Å². The first kappa shape index (κ1) is 20.2. The fraction of sp³-hybridized carbons (Fsp3) is 0.100. The van der Waals surface area contributed by atoms with E-state index in [1.54, 1.807) is 31.2 Å². The molecule has 9 heteroatoms. The molecular weight excluding hydrogens is 396 g/mol. The number of nitrogens with zero attached hydrogens (tertiary/aromatic N) is 2. The van der Waals surface area contributed by atoms with Gasteiger partial charge < -0.3 is 14.9 Å². The Bertz CT molecular complexity index is 1070. The molecule has 0 atom stereocenters. The van der Waals surface area contributed by atoms with E-state index in [9.17, 15) is 25.1 Å². The maximum Gasteiger partial charge on any atom is 0.344 e. The van der Waals surface area contributed by atoms with Gasteiger partial charge in [0, 0.05) is 12.1 Å². The number of hydrogen-bond acceptors (Lipinski definition) is 8. The number of benzene rings is 2. The average Bonchev–Trinajstić information content (AvgIpc) is 2.97. The third-order valence-electron chi connectivity index (χ3n) is 3.81. The smallest absolute Gasteiger partial charge is 0.344 e. The Labute approximate surface area is 170 Å². The van der Waals surface area contributed by atoms with Gasteiger partial charge in [0.25, 0.3) is 5.69 Å². The van der Waals surface area contributed by atoms with Crippen LogP contribution in [0, 0.1) is 10.1 Å². The molecule has 2 N–H and O–H groups in total. The number of phenolic OH excluding ortho intramolecular Hbond substituents is 1. The molecule has 1 heterocycles. The lowest BCUT2D eigenvalue weighted by molar-refractivity contribution is -0.384. The van der Waals surface area contributed by atoms with E-state index in [0.717, 1.165) is 11.8 Å². The Morgan fingerprint density at radius 1 is 1.24 bits per heavy atom. The Kier molecular flexibility index (Phi) is 5.99. The van der Waals surface area contributed by atoms with E-state index in [0.29, 0.717) is 10.5 Å². The summed E-state index contributed by atoms with van der Waals surface area (Å²) >= 11 is 1.03. The van der Waals surface area contributed by atoms with Crippen molar-refractivity contribution in [2.45, 2.75) is 6.92 Å². The third kappa shape index (κ3) is 4.64. The number of aliphatic imine (C=N–C) groups is 1. The van der Waals surface area contributed by atoms with Crippen LogP contribution in [0.5, 0.6) is 5.75 Å². The first-order chi connectivity index (χ1) is 13.9. The van der Waals surface area contributed by atoms with Gasteiger partial charge in [0.1, 0.15) is 22.1 Å². The molecule has 0 saturated heterocycles. The number of rotatable bonds is 5. The molecular formula is C20H16N2O6S. The van der Waals surface area contributed by atoms with Crippen molar-refractivity contribution >= 4 is 40.2 Å². The number of aliphatic hydroxyl groups is 1. The lowest BCUT2D eigenvalue weighted by Crippen LogP contribution is -2.12. The molecule has 0 spiro atoms. The number of carbonyl (C=O) groups excluding carboxylic acids is 1. The maximum atomic E-state index is 12.4. The lowest BCUT2D eigenvalue weighted by Gasteiger charge is -2.03. The van der Waals surface area contributed by atoms with Gasteiger partial charge in [-0.3, -0.25) is 10.1 Å². The Morgan fingerprint density at radius 2 is 2.00 bits per heavy atom. The first-order valence-electron chi connectivity index (χ1n) is 8.52. The fourth-order valence-corrected chi connectivity index (χ4v) is 3.59. The fourth-order valence-electron chi connectivity index (χ4n) is 2.55. The Balaban J connectivity index is 2.06. The predicted octanol–water partition coefficient (Wildman–Crippen LogP) is 4.49. The third-order valence-corrected chi connectivity index (χ3v) is 4.83. The summed E-state index contributed by atoms with van der Waals surface area (Å²) < 4.78 is 5.02. The molecule has 3 rings (SSSR count). The van der Waals surface area contributed by atoms with E-state index in [1.165, 1.54) is 30.3 Å². The number of carbonyl (C=O) groups is 1. The number of nitro benzene ring substituents is 1. The van der Waals surface area contributed by atoms with Crippen LogP contribution in [0.4, 0.5) is 11.4 Å². The van der Waals surface area contributed by atoms with E-state index in [-0.39, 0.29) is 40.1 Å². The van der Waals surface area contributed by atoms with Gasteiger partial charge in [0.2, 0.25) is 0 Å². The number of esters is 1. The number of hydrogen-bond donors (Lipinski definition) is 2. The van der Waals surface area contributed by atoms with Gasteiger partial charge in [-0.25, -0.2) is 9.79 Å². The summed E-state index contributed by atoms with van der Waals surface area (Å²) in [5, 5.41) is 31.4. The van der Waals surface area contributed by atoms with Crippen LogP contribution in [0.2, 0.25) is 0 Å². The van der Waals surface area contributed by atoms with Gasteiger partial charge in [0.15, 0.2) is 0 Å². The molecule has 0 fully saturated rings. The van der Waals surface area contributed by atoms with E-state index >= 15 is 0 Å². The van der Waals surface area contributed by atoms with Crippen molar-refractivity contribution in [1.82, 2.24) is 0 Å². The van der Waals surface area contributed by atoms with Crippen molar-refractivity contribution in [2.75, 3.05) is 6.61 Å². The van der Waals surface area contributed by atoms with E-state index in [2.05, 4.69) is 4.99 Å². The molecule has 0 amide bonds. The molecule has 1 aliphatic heterocycles. The van der Waals surface area contributed by atoms with E-state index in [1.807, 2.05) is 0 Å². The first-order valence-corrected chi connectivity index (χ1v) is 9.33. The molecule has 148 valence electrons. The summed E-state index contributed by atoms with van der Waals surface area (Å²) in [6.07, 6.45) is 1.59. The van der Waals surface area contributed by atoms with Gasteiger partial charge in [-0.15, -0.1) is 0 Å². The van der Waals surface area contributed by atoms with Crippen LogP contribution >= 0.6 is 11.8 Å². The molecule has 29 heavy (non-hydrogen) atoms. The highest BCUT2D eigenvalue weighted by molar-refractivity contribution is 8.18. The van der Waals surface area contributed by atoms with Crippen LogP contribution in [0.3, 0.4) is 0 Å². The summed E-state index contributed by atoms with van der Waals surface area (Å²) in [6.45, 7) is 1.74. The van der Waals surface area contributed by atoms with E-state index in [4.69, 9.17) is 4.74 Å². The van der Waals surface area contributed by atoms with Gasteiger partial charge in [-0.2, -0.15) is 0 Å². The Morgan fingerprint density at radius 3 is 2.69 bits per heavy atom. The zero-order valence-corrected chi connectivity index (χ0v) is 16.0. The van der Waals surface area contributed by atoms with Crippen LogP contribution in [0.15, 0.2) is 69.8 Å². The maximum absolute atomic E-state index is 12.4. The highest BCUT2D eigenvalue weighted by atomic mass is 32.2. The van der Waals surface area contributed by atoms with Crippen molar-refractivity contribution in [1.29, 1.82) is 0 Å². The summed E-state index contributed by atoms with van der Waals surface area (Å²) in [6, 6.07) is 12.0. The monoisotopic (exact) mass is 412 g/mol. The summed E-state index contributed by atoms with van der Waals surface area (Å²) in [4.78, 5) is 27.5.